The Morgan fingerprint density at radius 1 is 1.48 bits per heavy atom. The number of hydrogen-bond acceptors (Lipinski definition) is 5. The Kier molecular flexibility index (Phi) is 4.52. The van der Waals surface area contributed by atoms with E-state index in [1.165, 1.54) is 11.0 Å². The van der Waals surface area contributed by atoms with Crippen LogP contribution in [0.3, 0.4) is 0 Å². The number of carbonyl (C=O) groups excluding carboxylic acids is 1. The molecule has 1 saturated heterocycles. The molecule has 7 heteroatoms. The van der Waals surface area contributed by atoms with Gasteiger partial charge in [0.15, 0.2) is 0 Å². The topological polar surface area (TPSA) is 114 Å². The number of β-amino-alcohol motifs (C(OH)–C–C–N with tert-alkyl or cyclic N) is 1. The largest absolute Gasteiger partial charge is 0.480 e. The molecular formula is C14H15N3O4. The lowest BCUT2D eigenvalue weighted by atomic mass is 10.2. The zero-order valence-electron chi connectivity index (χ0n) is 11.2. The highest BCUT2D eigenvalue weighted by Crippen LogP contribution is 2.18. The molecule has 3 N–H and O–H groups in total. The number of nitriles is 1. The highest BCUT2D eigenvalue weighted by molar-refractivity contribution is 5.92. The van der Waals surface area contributed by atoms with E-state index in [1.807, 2.05) is 6.07 Å². The van der Waals surface area contributed by atoms with E-state index < -0.39 is 18.1 Å². The number of aliphatic carboxylic acids is 1. The molecule has 110 valence electrons. The first-order chi connectivity index (χ1) is 9.99. The molecule has 1 aromatic rings. The number of carboxylic acid groups (broad SMARTS) is 1. The fourth-order valence-corrected chi connectivity index (χ4v) is 2.36. The third-order valence-electron chi connectivity index (χ3n) is 3.29. The summed E-state index contributed by atoms with van der Waals surface area (Å²) in [6.07, 6.45) is -0.618. The number of benzene rings is 1. The van der Waals surface area contributed by atoms with Crippen LogP contribution < -0.4 is 5.32 Å². The van der Waals surface area contributed by atoms with E-state index in [9.17, 15) is 14.7 Å². The number of aliphatic hydroxyl groups is 1. The van der Waals surface area contributed by atoms with Crippen LogP contribution in [-0.4, -0.2) is 52.2 Å². The van der Waals surface area contributed by atoms with Crippen LogP contribution in [0.4, 0.5) is 5.69 Å². The molecule has 21 heavy (non-hydrogen) atoms. The van der Waals surface area contributed by atoms with E-state index in [0.717, 1.165) is 0 Å². The maximum absolute atomic E-state index is 11.9. The van der Waals surface area contributed by atoms with Crippen LogP contribution >= 0.6 is 0 Å². The van der Waals surface area contributed by atoms with Gasteiger partial charge >= 0.3 is 5.97 Å². The summed E-state index contributed by atoms with van der Waals surface area (Å²) in [5.74, 6) is -1.43. The van der Waals surface area contributed by atoms with Gasteiger partial charge in [-0.25, -0.2) is 0 Å². The van der Waals surface area contributed by atoms with Crippen molar-refractivity contribution in [2.75, 3.05) is 18.4 Å². The third kappa shape index (κ3) is 3.78. The van der Waals surface area contributed by atoms with Gasteiger partial charge < -0.3 is 15.5 Å². The molecule has 0 bridgehead atoms. The molecule has 0 aliphatic carbocycles. The predicted molar refractivity (Wildman–Crippen MR) is 73.4 cm³/mol. The van der Waals surface area contributed by atoms with Crippen LogP contribution in [0.5, 0.6) is 0 Å². The summed E-state index contributed by atoms with van der Waals surface area (Å²) in [7, 11) is 0. The molecule has 1 aromatic carbocycles. The van der Waals surface area contributed by atoms with E-state index in [2.05, 4.69) is 5.32 Å². The Morgan fingerprint density at radius 3 is 2.90 bits per heavy atom. The maximum Gasteiger partial charge on any atom is 0.321 e. The molecule has 2 atom stereocenters. The van der Waals surface area contributed by atoms with Crippen molar-refractivity contribution in [3.8, 4) is 6.07 Å². The number of nitrogens with zero attached hydrogens (tertiary/aromatic N) is 2. The maximum atomic E-state index is 11.9. The number of likely N-dealkylation sites (tertiary alicyclic amines) is 1. The average molecular weight is 289 g/mol. The number of rotatable bonds is 4. The monoisotopic (exact) mass is 289 g/mol. The van der Waals surface area contributed by atoms with Crippen molar-refractivity contribution in [3.05, 3.63) is 29.8 Å². The molecule has 2 unspecified atom stereocenters. The van der Waals surface area contributed by atoms with Gasteiger partial charge in [-0.3, -0.25) is 14.5 Å². The standard InChI is InChI=1S/C14H15N3O4/c15-6-9-2-1-3-10(4-9)16-13(19)8-17-7-11(18)5-12(17)14(20)21/h1-4,11-12,18H,5,7-8H2,(H,16,19)(H,20,21). The van der Waals surface area contributed by atoms with E-state index >= 15 is 0 Å². The van der Waals surface area contributed by atoms with Gasteiger partial charge in [0.2, 0.25) is 5.91 Å². The van der Waals surface area contributed by atoms with Crippen molar-refractivity contribution in [2.24, 2.45) is 0 Å². The lowest BCUT2D eigenvalue weighted by molar-refractivity contribution is -0.142. The van der Waals surface area contributed by atoms with E-state index in [0.29, 0.717) is 11.3 Å². The van der Waals surface area contributed by atoms with E-state index in [1.54, 1.807) is 18.2 Å². The minimum absolute atomic E-state index is 0.118. The summed E-state index contributed by atoms with van der Waals surface area (Å²) in [4.78, 5) is 24.4. The molecule has 7 nitrogen and oxygen atoms in total. The van der Waals surface area contributed by atoms with Crippen LogP contribution in [0.2, 0.25) is 0 Å². The van der Waals surface area contributed by atoms with Crippen LogP contribution in [0, 0.1) is 11.3 Å². The zero-order valence-corrected chi connectivity index (χ0v) is 11.2. The van der Waals surface area contributed by atoms with Gasteiger partial charge in [0.25, 0.3) is 0 Å². The number of carbonyl (C=O) groups is 2. The molecule has 0 aromatic heterocycles. The first-order valence-electron chi connectivity index (χ1n) is 6.44. The molecule has 0 radical (unpaired) electrons. The summed E-state index contributed by atoms with van der Waals surface area (Å²) in [6.45, 7) is 0.0351. The molecule has 1 aliphatic heterocycles. The Morgan fingerprint density at radius 2 is 2.24 bits per heavy atom. The number of nitrogens with one attached hydrogen (secondary N) is 1. The quantitative estimate of drug-likeness (QED) is 0.720. The Hall–Kier alpha value is -2.43. The molecular weight excluding hydrogens is 274 g/mol. The molecule has 0 saturated carbocycles. The van der Waals surface area contributed by atoms with Crippen molar-refractivity contribution in [2.45, 2.75) is 18.6 Å². The van der Waals surface area contributed by atoms with E-state index in [4.69, 9.17) is 10.4 Å². The van der Waals surface area contributed by atoms with Crippen molar-refractivity contribution >= 4 is 17.6 Å². The minimum Gasteiger partial charge on any atom is -0.480 e. The first kappa shape index (κ1) is 15.0. The molecule has 1 amide bonds. The zero-order chi connectivity index (χ0) is 15.4. The lowest BCUT2D eigenvalue weighted by Crippen LogP contribution is -2.41. The average Bonchev–Trinajstić information content (AvgIpc) is 2.79. The Labute approximate surface area is 121 Å². The molecule has 2 rings (SSSR count). The number of hydrogen-bond donors (Lipinski definition) is 3. The Balaban J connectivity index is 1.98. The SMILES string of the molecule is N#Cc1cccc(NC(=O)CN2CC(O)CC2C(=O)O)c1. The number of amides is 1. The predicted octanol–water partition coefficient (Wildman–Crippen LogP) is 0.0166. The van der Waals surface area contributed by atoms with E-state index in [-0.39, 0.29) is 25.4 Å². The first-order valence-corrected chi connectivity index (χ1v) is 6.44. The van der Waals surface area contributed by atoms with Crippen LogP contribution in [-0.2, 0) is 9.59 Å². The van der Waals surface area contributed by atoms with Crippen LogP contribution in [0.1, 0.15) is 12.0 Å². The number of aliphatic hydroxyl groups excluding tert-OH is 1. The molecule has 1 fully saturated rings. The fourth-order valence-electron chi connectivity index (χ4n) is 2.36. The normalized spacial score (nSPS) is 21.7. The van der Waals surface area contributed by atoms with Crippen molar-refractivity contribution in [1.29, 1.82) is 5.26 Å². The van der Waals surface area contributed by atoms with Crippen molar-refractivity contribution < 1.29 is 19.8 Å². The highest BCUT2D eigenvalue weighted by atomic mass is 16.4. The summed E-state index contributed by atoms with van der Waals surface area (Å²) < 4.78 is 0. The highest BCUT2D eigenvalue weighted by Gasteiger charge is 2.36. The minimum atomic E-state index is -1.05. The van der Waals surface area contributed by atoms with Crippen molar-refractivity contribution in [1.82, 2.24) is 4.90 Å². The second-order valence-corrected chi connectivity index (χ2v) is 4.91. The fraction of sp³-hybridized carbons (Fsp3) is 0.357. The van der Waals surface area contributed by atoms with Gasteiger partial charge in [-0.05, 0) is 18.2 Å². The van der Waals surface area contributed by atoms with Gasteiger partial charge in [0.05, 0.1) is 24.3 Å². The van der Waals surface area contributed by atoms with Crippen LogP contribution in [0.15, 0.2) is 24.3 Å². The van der Waals surface area contributed by atoms with Gasteiger partial charge in [-0.15, -0.1) is 0 Å². The second-order valence-electron chi connectivity index (χ2n) is 4.91. The van der Waals surface area contributed by atoms with Crippen molar-refractivity contribution in [3.63, 3.8) is 0 Å². The summed E-state index contributed by atoms with van der Waals surface area (Å²) in [5, 5.41) is 30.0. The Bertz CT molecular complexity index is 596. The second kappa shape index (κ2) is 6.35. The number of anilines is 1. The lowest BCUT2D eigenvalue weighted by Gasteiger charge is -2.19. The van der Waals surface area contributed by atoms with Gasteiger partial charge in [0.1, 0.15) is 6.04 Å². The molecule has 0 spiro atoms. The molecule has 1 aliphatic rings. The summed E-state index contributed by atoms with van der Waals surface area (Å²) in [6, 6.07) is 7.56. The van der Waals surface area contributed by atoms with Gasteiger partial charge in [-0.1, -0.05) is 6.07 Å². The third-order valence-corrected chi connectivity index (χ3v) is 3.29. The number of carboxylic acids is 1. The van der Waals surface area contributed by atoms with Gasteiger partial charge in [-0.2, -0.15) is 5.26 Å². The summed E-state index contributed by atoms with van der Waals surface area (Å²) in [5.41, 5.74) is 0.901. The molecule has 1 heterocycles. The smallest absolute Gasteiger partial charge is 0.321 e. The van der Waals surface area contributed by atoms with Gasteiger partial charge in [0, 0.05) is 18.7 Å². The summed E-state index contributed by atoms with van der Waals surface area (Å²) >= 11 is 0. The van der Waals surface area contributed by atoms with Crippen LogP contribution in [0.25, 0.3) is 0 Å².